The van der Waals surface area contributed by atoms with Crippen LogP contribution >= 0.6 is 0 Å². The number of aliphatic hydroxyl groups excluding tert-OH is 1. The number of piperidine rings is 1. The van der Waals surface area contributed by atoms with Gasteiger partial charge in [0.1, 0.15) is 0 Å². The van der Waals surface area contributed by atoms with Crippen LogP contribution in [0.15, 0.2) is 102 Å². The Hall–Kier alpha value is -5.27. The minimum atomic E-state index is -0.676. The number of aromatic amines is 1. The van der Waals surface area contributed by atoms with Gasteiger partial charge in [0.2, 0.25) is 11.8 Å². The highest BCUT2D eigenvalue weighted by Crippen LogP contribution is 2.39. The number of fused-ring (bicyclic) bond motifs is 1. The number of aliphatic hydroxyl groups is 1. The van der Waals surface area contributed by atoms with Crippen molar-refractivity contribution in [1.29, 1.82) is 0 Å². The van der Waals surface area contributed by atoms with E-state index in [0.717, 1.165) is 53.7 Å². The number of para-hydroxylation sites is 4. The predicted molar refractivity (Wildman–Crippen MR) is 204 cm³/mol. The first-order valence-electron chi connectivity index (χ1n) is 18.3. The van der Waals surface area contributed by atoms with Crippen molar-refractivity contribution in [1.82, 2.24) is 14.5 Å². The van der Waals surface area contributed by atoms with Gasteiger partial charge in [-0.15, -0.1) is 0 Å². The summed E-state index contributed by atoms with van der Waals surface area (Å²) in [7, 11) is 0. The second kappa shape index (κ2) is 16.6. The third-order valence-corrected chi connectivity index (χ3v) is 10.1. The van der Waals surface area contributed by atoms with E-state index in [1.807, 2.05) is 77.4 Å². The summed E-state index contributed by atoms with van der Waals surface area (Å²) in [5.41, 5.74) is 11.9. The molecule has 12 heteroatoms. The average Bonchev–Trinajstić information content (AvgIpc) is 3.51. The van der Waals surface area contributed by atoms with Crippen molar-refractivity contribution in [2.24, 2.45) is 0 Å². The number of nitrogens with zero attached hydrogens (tertiary/aromatic N) is 2. The summed E-state index contributed by atoms with van der Waals surface area (Å²) in [5, 5.41) is 15.3. The van der Waals surface area contributed by atoms with Crippen LogP contribution in [0.2, 0.25) is 0 Å². The van der Waals surface area contributed by atoms with E-state index in [-0.39, 0.29) is 55.2 Å². The van der Waals surface area contributed by atoms with Crippen molar-refractivity contribution in [3.8, 4) is 0 Å². The Morgan fingerprint density at radius 1 is 0.849 bits per heavy atom. The summed E-state index contributed by atoms with van der Waals surface area (Å²) in [5.74, 6) is -0.397. The standard InChI is InChI=1S/C41H46N6O6/c42-33-9-1-2-10-34(33)44-39(50)14-6-13-38(49)43-30-8-5-7-29(23-30)40-52-32(24-37(53-40)28-17-15-27(26-48)16-18-28)25-46-21-19-31(20-22-46)47-36-12-4-3-11-35(36)45-41(47)51/h1-5,7-12,15-18,23,31-32,37,40,48H,6,13-14,19-22,24-26,42H2,(H,43,49)(H,44,50)(H,45,51). The van der Waals surface area contributed by atoms with E-state index in [1.165, 1.54) is 0 Å². The molecule has 2 aliphatic rings. The van der Waals surface area contributed by atoms with Gasteiger partial charge >= 0.3 is 5.69 Å². The largest absolute Gasteiger partial charge is 0.397 e. The Bertz CT molecular complexity index is 2090. The van der Waals surface area contributed by atoms with Crippen molar-refractivity contribution in [2.75, 3.05) is 36.0 Å². The van der Waals surface area contributed by atoms with E-state index in [0.29, 0.717) is 36.4 Å². The fraction of sp³-hybridized carbons (Fsp3) is 0.341. The molecule has 1 aromatic heterocycles. The van der Waals surface area contributed by atoms with Crippen LogP contribution in [0.5, 0.6) is 0 Å². The highest BCUT2D eigenvalue weighted by Gasteiger charge is 2.34. The number of nitrogens with one attached hydrogen (secondary N) is 3. The summed E-state index contributed by atoms with van der Waals surface area (Å²) < 4.78 is 15.1. The molecule has 0 saturated carbocycles. The molecule has 12 nitrogen and oxygen atoms in total. The van der Waals surface area contributed by atoms with Gasteiger partial charge in [-0.25, -0.2) is 4.79 Å². The number of nitrogen functional groups attached to an aromatic ring is 1. The van der Waals surface area contributed by atoms with E-state index in [1.54, 1.807) is 24.3 Å². The Labute approximate surface area is 307 Å². The Kier molecular flexibility index (Phi) is 11.3. The van der Waals surface area contributed by atoms with Crippen LogP contribution in [-0.2, 0) is 25.7 Å². The fourth-order valence-electron chi connectivity index (χ4n) is 7.34. The van der Waals surface area contributed by atoms with Crippen LogP contribution in [0, 0.1) is 0 Å². The molecule has 2 saturated heterocycles. The van der Waals surface area contributed by atoms with Crippen LogP contribution in [0.3, 0.4) is 0 Å². The second-order valence-corrected chi connectivity index (χ2v) is 13.9. The van der Waals surface area contributed by atoms with Gasteiger partial charge in [-0.3, -0.25) is 14.2 Å². The molecular weight excluding hydrogens is 672 g/mol. The summed E-state index contributed by atoms with van der Waals surface area (Å²) in [6.07, 6.45) is 2.05. The van der Waals surface area contributed by atoms with Crippen molar-refractivity contribution >= 4 is 39.9 Å². The highest BCUT2D eigenvalue weighted by molar-refractivity contribution is 5.94. The number of ether oxygens (including phenoxy) is 2. The number of H-pyrrole nitrogens is 1. The van der Waals surface area contributed by atoms with Gasteiger partial charge in [-0.2, -0.15) is 0 Å². The van der Waals surface area contributed by atoms with Gasteiger partial charge in [0.25, 0.3) is 0 Å². The molecule has 0 aliphatic carbocycles. The molecular formula is C41H46N6O6. The molecule has 276 valence electrons. The predicted octanol–water partition coefficient (Wildman–Crippen LogP) is 6.03. The van der Waals surface area contributed by atoms with Crippen molar-refractivity contribution in [3.05, 3.63) is 124 Å². The van der Waals surface area contributed by atoms with Gasteiger partial charge in [0.15, 0.2) is 6.29 Å². The Morgan fingerprint density at radius 3 is 2.36 bits per heavy atom. The van der Waals surface area contributed by atoms with E-state index < -0.39 is 6.29 Å². The third kappa shape index (κ3) is 8.86. The van der Waals surface area contributed by atoms with E-state index in [4.69, 9.17) is 15.2 Å². The van der Waals surface area contributed by atoms with Gasteiger partial charge in [-0.05, 0) is 66.8 Å². The van der Waals surface area contributed by atoms with Crippen LogP contribution in [-0.4, -0.2) is 57.1 Å². The molecule has 4 aromatic carbocycles. The van der Waals surface area contributed by atoms with E-state index in [2.05, 4.69) is 20.5 Å². The third-order valence-electron chi connectivity index (χ3n) is 10.1. The molecule has 0 radical (unpaired) electrons. The number of carbonyl (C=O) groups excluding carboxylic acids is 2. The van der Waals surface area contributed by atoms with Crippen LogP contribution in [0.25, 0.3) is 11.0 Å². The molecule has 5 aromatic rings. The highest BCUT2D eigenvalue weighted by atomic mass is 16.7. The average molecular weight is 719 g/mol. The normalized spacial score (nSPS) is 19.6. The molecule has 2 aliphatic heterocycles. The maximum Gasteiger partial charge on any atom is 0.326 e. The minimum absolute atomic E-state index is 0.0324. The zero-order chi connectivity index (χ0) is 36.7. The molecule has 3 heterocycles. The smallest absolute Gasteiger partial charge is 0.326 e. The number of nitrogens with two attached hydrogens (primary N) is 1. The number of imidazole rings is 1. The topological polar surface area (TPSA) is 164 Å². The second-order valence-electron chi connectivity index (χ2n) is 13.9. The molecule has 7 rings (SSSR count). The summed E-state index contributed by atoms with van der Waals surface area (Å²) >= 11 is 0. The molecule has 2 amide bonds. The number of benzene rings is 4. The zero-order valence-electron chi connectivity index (χ0n) is 29.6. The lowest BCUT2D eigenvalue weighted by Crippen LogP contribution is -2.43. The first-order chi connectivity index (χ1) is 25.8. The number of anilines is 3. The number of aromatic nitrogens is 2. The van der Waals surface area contributed by atoms with Crippen LogP contribution in [0.1, 0.15) is 73.7 Å². The van der Waals surface area contributed by atoms with Gasteiger partial charge in [-0.1, -0.05) is 60.7 Å². The molecule has 53 heavy (non-hydrogen) atoms. The number of hydrogen-bond donors (Lipinski definition) is 5. The first-order valence-corrected chi connectivity index (χ1v) is 18.3. The molecule has 0 spiro atoms. The lowest BCUT2D eigenvalue weighted by atomic mass is 9.98. The van der Waals surface area contributed by atoms with Gasteiger partial charge < -0.3 is 40.8 Å². The van der Waals surface area contributed by atoms with Crippen LogP contribution < -0.4 is 22.1 Å². The number of hydrogen-bond acceptors (Lipinski definition) is 8. The maximum atomic E-state index is 12.9. The SMILES string of the molecule is Nc1ccccc1NC(=O)CCCC(=O)Nc1cccc(C2OC(CN3CCC(n4c(=O)[nH]c5ccccc54)CC3)CC(c3ccc(CO)cc3)O2)c1. The number of carbonyl (C=O) groups is 2. The van der Waals surface area contributed by atoms with E-state index >= 15 is 0 Å². The maximum absolute atomic E-state index is 12.9. The van der Waals surface area contributed by atoms with Gasteiger partial charge in [0, 0.05) is 56.2 Å². The monoisotopic (exact) mass is 718 g/mol. The van der Waals surface area contributed by atoms with Gasteiger partial charge in [0.05, 0.1) is 41.2 Å². The summed E-state index contributed by atoms with van der Waals surface area (Å²) in [6, 6.07) is 30.3. The molecule has 3 atom stereocenters. The lowest BCUT2D eigenvalue weighted by molar-refractivity contribution is -0.253. The molecule has 0 bridgehead atoms. The van der Waals surface area contributed by atoms with Crippen LogP contribution in [0.4, 0.5) is 17.1 Å². The number of amides is 2. The molecule has 2 fully saturated rings. The van der Waals surface area contributed by atoms with Crippen molar-refractivity contribution in [3.63, 3.8) is 0 Å². The number of rotatable bonds is 12. The first kappa shape index (κ1) is 36.1. The van der Waals surface area contributed by atoms with Crippen molar-refractivity contribution in [2.45, 2.75) is 69.7 Å². The Morgan fingerprint density at radius 2 is 1.58 bits per heavy atom. The summed E-state index contributed by atoms with van der Waals surface area (Å²) in [6.45, 7) is 2.35. The molecule has 3 unspecified atom stereocenters. The van der Waals surface area contributed by atoms with E-state index in [9.17, 15) is 19.5 Å². The zero-order valence-corrected chi connectivity index (χ0v) is 29.6. The number of likely N-dealkylation sites (tertiary alicyclic amines) is 1. The molecule has 6 N–H and O–H groups in total. The fourth-order valence-corrected chi connectivity index (χ4v) is 7.34. The lowest BCUT2D eigenvalue weighted by Gasteiger charge is -2.40. The minimum Gasteiger partial charge on any atom is -0.397 e. The van der Waals surface area contributed by atoms with Crippen molar-refractivity contribution < 1.29 is 24.2 Å². The quantitative estimate of drug-likeness (QED) is 0.0976. The Balaban J connectivity index is 0.981. The summed E-state index contributed by atoms with van der Waals surface area (Å²) in [4.78, 5) is 43.5.